The van der Waals surface area contributed by atoms with E-state index in [2.05, 4.69) is 51.9 Å². The summed E-state index contributed by atoms with van der Waals surface area (Å²) in [6.45, 7) is 5.04. The molecule has 20 heavy (non-hydrogen) atoms. The SMILES string of the molecule is CNc1ccc(Cn2cnc3cc(C)c(C)cc32)cn1. The molecular formula is C16H18N4. The maximum absolute atomic E-state index is 4.48. The normalized spacial score (nSPS) is 10.9. The van der Waals surface area contributed by atoms with Gasteiger partial charge in [0.05, 0.1) is 23.9 Å². The van der Waals surface area contributed by atoms with Crippen LogP contribution in [0.3, 0.4) is 0 Å². The first-order valence-electron chi connectivity index (χ1n) is 6.72. The maximum atomic E-state index is 4.48. The summed E-state index contributed by atoms with van der Waals surface area (Å²) >= 11 is 0. The van der Waals surface area contributed by atoms with E-state index in [9.17, 15) is 0 Å². The summed E-state index contributed by atoms with van der Waals surface area (Å²) in [6, 6.07) is 8.42. The Bertz CT molecular complexity index is 741. The molecule has 0 radical (unpaired) electrons. The lowest BCUT2D eigenvalue weighted by Gasteiger charge is -2.07. The average Bonchev–Trinajstić information content (AvgIpc) is 2.83. The van der Waals surface area contributed by atoms with Gasteiger partial charge in [0.1, 0.15) is 5.82 Å². The fraction of sp³-hybridized carbons (Fsp3) is 0.250. The van der Waals surface area contributed by atoms with Crippen molar-refractivity contribution in [1.29, 1.82) is 0 Å². The molecule has 0 unspecified atom stereocenters. The van der Waals surface area contributed by atoms with E-state index in [1.54, 1.807) is 0 Å². The van der Waals surface area contributed by atoms with Gasteiger partial charge in [-0.05, 0) is 48.7 Å². The van der Waals surface area contributed by atoms with Crippen LogP contribution in [0.4, 0.5) is 5.82 Å². The number of hydrogen-bond acceptors (Lipinski definition) is 3. The highest BCUT2D eigenvalue weighted by Crippen LogP contribution is 2.19. The van der Waals surface area contributed by atoms with Crippen molar-refractivity contribution >= 4 is 16.9 Å². The highest BCUT2D eigenvalue weighted by Gasteiger charge is 2.05. The maximum Gasteiger partial charge on any atom is 0.125 e. The van der Waals surface area contributed by atoms with Crippen molar-refractivity contribution in [3.8, 4) is 0 Å². The zero-order valence-corrected chi connectivity index (χ0v) is 12.0. The zero-order chi connectivity index (χ0) is 14.1. The number of benzene rings is 1. The van der Waals surface area contributed by atoms with Gasteiger partial charge in [-0.15, -0.1) is 0 Å². The Morgan fingerprint density at radius 3 is 2.60 bits per heavy atom. The predicted octanol–water partition coefficient (Wildman–Crippen LogP) is 3.14. The third kappa shape index (κ3) is 2.25. The van der Waals surface area contributed by atoms with Crippen LogP contribution < -0.4 is 5.32 Å². The second-order valence-corrected chi connectivity index (χ2v) is 5.10. The number of nitrogens with zero attached hydrogens (tertiary/aromatic N) is 3. The Morgan fingerprint density at radius 1 is 1.10 bits per heavy atom. The summed E-state index contributed by atoms with van der Waals surface area (Å²) in [5, 5.41) is 3.03. The number of hydrogen-bond donors (Lipinski definition) is 1. The van der Waals surface area contributed by atoms with Gasteiger partial charge in [0, 0.05) is 13.2 Å². The van der Waals surface area contributed by atoms with Gasteiger partial charge in [-0.3, -0.25) is 0 Å². The lowest BCUT2D eigenvalue weighted by Crippen LogP contribution is -2.00. The van der Waals surface area contributed by atoms with Crippen molar-refractivity contribution < 1.29 is 0 Å². The summed E-state index contributed by atoms with van der Waals surface area (Å²) in [4.78, 5) is 8.83. The Labute approximate surface area is 118 Å². The van der Waals surface area contributed by atoms with Crippen LogP contribution in [0.5, 0.6) is 0 Å². The molecule has 3 aromatic rings. The molecule has 0 aliphatic rings. The van der Waals surface area contributed by atoms with E-state index in [0.717, 1.165) is 17.9 Å². The number of pyridine rings is 1. The van der Waals surface area contributed by atoms with Gasteiger partial charge in [0.2, 0.25) is 0 Å². The molecule has 0 saturated heterocycles. The Balaban J connectivity index is 1.95. The number of aryl methyl sites for hydroxylation is 2. The minimum atomic E-state index is 0.788. The van der Waals surface area contributed by atoms with Gasteiger partial charge in [-0.25, -0.2) is 9.97 Å². The van der Waals surface area contributed by atoms with E-state index in [0.29, 0.717) is 0 Å². The lowest BCUT2D eigenvalue weighted by molar-refractivity contribution is 0.819. The molecule has 4 heteroatoms. The number of fused-ring (bicyclic) bond motifs is 1. The van der Waals surface area contributed by atoms with E-state index in [4.69, 9.17) is 0 Å². The molecule has 0 fully saturated rings. The largest absolute Gasteiger partial charge is 0.373 e. The molecule has 0 saturated carbocycles. The van der Waals surface area contributed by atoms with Crippen molar-refractivity contribution in [2.45, 2.75) is 20.4 Å². The van der Waals surface area contributed by atoms with Crippen LogP contribution in [0.2, 0.25) is 0 Å². The summed E-state index contributed by atoms with van der Waals surface area (Å²) < 4.78 is 2.16. The van der Waals surface area contributed by atoms with Crippen LogP contribution in [-0.4, -0.2) is 21.6 Å². The molecular weight excluding hydrogens is 248 g/mol. The van der Waals surface area contributed by atoms with Crippen LogP contribution in [0.25, 0.3) is 11.0 Å². The van der Waals surface area contributed by atoms with E-state index >= 15 is 0 Å². The fourth-order valence-electron chi connectivity index (χ4n) is 2.30. The summed E-state index contributed by atoms with van der Waals surface area (Å²) in [5.74, 6) is 0.885. The van der Waals surface area contributed by atoms with Crippen LogP contribution >= 0.6 is 0 Å². The zero-order valence-electron chi connectivity index (χ0n) is 12.0. The summed E-state index contributed by atoms with van der Waals surface area (Å²) in [6.07, 6.45) is 3.80. The van der Waals surface area contributed by atoms with Crippen molar-refractivity contribution in [1.82, 2.24) is 14.5 Å². The third-order valence-corrected chi connectivity index (χ3v) is 3.67. The first-order valence-corrected chi connectivity index (χ1v) is 6.72. The molecule has 0 bridgehead atoms. The quantitative estimate of drug-likeness (QED) is 0.792. The van der Waals surface area contributed by atoms with Gasteiger partial charge in [-0.1, -0.05) is 6.07 Å². The first-order chi connectivity index (χ1) is 9.67. The van der Waals surface area contributed by atoms with Crippen molar-refractivity contribution in [2.75, 3.05) is 12.4 Å². The Kier molecular flexibility index (Phi) is 3.14. The van der Waals surface area contributed by atoms with Crippen LogP contribution in [0.1, 0.15) is 16.7 Å². The third-order valence-electron chi connectivity index (χ3n) is 3.67. The fourth-order valence-corrected chi connectivity index (χ4v) is 2.30. The van der Waals surface area contributed by atoms with Crippen molar-refractivity contribution in [2.24, 2.45) is 0 Å². The highest BCUT2D eigenvalue weighted by atomic mass is 15.0. The minimum absolute atomic E-state index is 0.788. The van der Waals surface area contributed by atoms with Gasteiger partial charge < -0.3 is 9.88 Å². The topological polar surface area (TPSA) is 42.7 Å². The number of anilines is 1. The second-order valence-electron chi connectivity index (χ2n) is 5.10. The lowest BCUT2D eigenvalue weighted by atomic mass is 10.1. The molecule has 0 atom stereocenters. The number of imidazole rings is 1. The number of aromatic nitrogens is 3. The molecule has 4 nitrogen and oxygen atoms in total. The standard InChI is InChI=1S/C16H18N4/c1-11-6-14-15(7-12(11)2)20(10-19-14)9-13-4-5-16(17-3)18-8-13/h4-8,10H,9H2,1-3H3,(H,17,18). The average molecular weight is 266 g/mol. The van der Waals surface area contributed by atoms with Crippen LogP contribution in [-0.2, 0) is 6.54 Å². The minimum Gasteiger partial charge on any atom is -0.373 e. The smallest absolute Gasteiger partial charge is 0.125 e. The summed E-state index contributed by atoms with van der Waals surface area (Å²) in [5.41, 5.74) is 5.96. The molecule has 1 aromatic carbocycles. The van der Waals surface area contributed by atoms with Crippen molar-refractivity contribution in [3.05, 3.63) is 53.5 Å². The van der Waals surface area contributed by atoms with E-state index in [1.807, 2.05) is 25.6 Å². The second kappa shape index (κ2) is 4.96. The molecule has 1 N–H and O–H groups in total. The molecule has 0 spiro atoms. The molecule has 102 valence electrons. The van der Waals surface area contributed by atoms with Crippen molar-refractivity contribution in [3.63, 3.8) is 0 Å². The van der Waals surface area contributed by atoms with Gasteiger partial charge >= 0.3 is 0 Å². The van der Waals surface area contributed by atoms with E-state index in [-0.39, 0.29) is 0 Å². The molecule has 2 heterocycles. The predicted molar refractivity (Wildman–Crippen MR) is 82.1 cm³/mol. The highest BCUT2D eigenvalue weighted by molar-refractivity contribution is 5.77. The molecule has 0 aliphatic heterocycles. The van der Waals surface area contributed by atoms with Gasteiger partial charge in [-0.2, -0.15) is 0 Å². The monoisotopic (exact) mass is 266 g/mol. The molecule has 2 aromatic heterocycles. The number of rotatable bonds is 3. The molecule has 0 amide bonds. The van der Waals surface area contributed by atoms with Crippen LogP contribution in [0.15, 0.2) is 36.8 Å². The molecule has 0 aliphatic carbocycles. The Hall–Kier alpha value is -2.36. The number of nitrogens with one attached hydrogen (secondary N) is 1. The first kappa shape index (κ1) is 12.7. The summed E-state index contributed by atoms with van der Waals surface area (Å²) in [7, 11) is 1.87. The van der Waals surface area contributed by atoms with Gasteiger partial charge in [0.15, 0.2) is 0 Å². The van der Waals surface area contributed by atoms with Gasteiger partial charge in [0.25, 0.3) is 0 Å². The molecule has 3 rings (SSSR count). The van der Waals surface area contributed by atoms with E-state index in [1.165, 1.54) is 22.2 Å². The van der Waals surface area contributed by atoms with E-state index < -0.39 is 0 Å². The van der Waals surface area contributed by atoms with Crippen LogP contribution in [0, 0.1) is 13.8 Å². The Morgan fingerprint density at radius 2 is 1.90 bits per heavy atom.